The van der Waals surface area contributed by atoms with E-state index in [2.05, 4.69) is 10.1 Å². The SMILES string of the molecule is COC(=O)c1scc(C)c1NC(=O)[C@@H]1CC[C@H](C(=O)O)O1. The summed E-state index contributed by atoms with van der Waals surface area (Å²) in [7, 11) is 1.26. The van der Waals surface area contributed by atoms with Crippen LogP contribution >= 0.6 is 11.3 Å². The van der Waals surface area contributed by atoms with Crippen LogP contribution in [0.2, 0.25) is 0 Å². The van der Waals surface area contributed by atoms with Gasteiger partial charge in [0.1, 0.15) is 11.0 Å². The number of hydrogen-bond acceptors (Lipinski definition) is 6. The Morgan fingerprint density at radius 2 is 2.05 bits per heavy atom. The molecule has 2 heterocycles. The number of nitrogens with one attached hydrogen (secondary N) is 1. The third kappa shape index (κ3) is 3.22. The molecule has 2 atom stereocenters. The van der Waals surface area contributed by atoms with E-state index in [4.69, 9.17) is 9.84 Å². The predicted molar refractivity (Wildman–Crippen MR) is 74.6 cm³/mol. The van der Waals surface area contributed by atoms with Crippen molar-refractivity contribution < 1.29 is 29.0 Å². The highest BCUT2D eigenvalue weighted by molar-refractivity contribution is 7.12. The molecule has 1 saturated heterocycles. The number of carbonyl (C=O) groups is 3. The second-order valence-corrected chi connectivity index (χ2v) is 5.51. The summed E-state index contributed by atoms with van der Waals surface area (Å²) in [4.78, 5) is 34.8. The van der Waals surface area contributed by atoms with Gasteiger partial charge in [-0.1, -0.05) is 0 Å². The van der Waals surface area contributed by atoms with Crippen LogP contribution in [0.3, 0.4) is 0 Å². The Morgan fingerprint density at radius 3 is 2.62 bits per heavy atom. The van der Waals surface area contributed by atoms with Crippen molar-refractivity contribution in [2.24, 2.45) is 0 Å². The number of aliphatic carboxylic acids is 1. The van der Waals surface area contributed by atoms with Gasteiger partial charge in [-0.2, -0.15) is 0 Å². The van der Waals surface area contributed by atoms with Gasteiger partial charge in [-0.15, -0.1) is 11.3 Å². The molecule has 1 amide bonds. The normalized spacial score (nSPS) is 21.0. The fourth-order valence-corrected chi connectivity index (χ4v) is 2.98. The Bertz CT molecular complexity index is 581. The van der Waals surface area contributed by atoms with Gasteiger partial charge in [0, 0.05) is 0 Å². The summed E-state index contributed by atoms with van der Waals surface area (Å²) in [5, 5.41) is 13.2. The third-order valence-electron chi connectivity index (χ3n) is 3.18. The summed E-state index contributed by atoms with van der Waals surface area (Å²) in [6.07, 6.45) is -1.15. The molecule has 1 aliphatic heterocycles. The van der Waals surface area contributed by atoms with Crippen molar-refractivity contribution in [2.75, 3.05) is 12.4 Å². The van der Waals surface area contributed by atoms with E-state index in [1.807, 2.05) is 0 Å². The van der Waals surface area contributed by atoms with Gasteiger partial charge in [-0.3, -0.25) is 4.79 Å². The van der Waals surface area contributed by atoms with Crippen molar-refractivity contribution in [3.63, 3.8) is 0 Å². The number of hydrogen-bond donors (Lipinski definition) is 2. The van der Waals surface area contributed by atoms with Gasteiger partial charge < -0.3 is 19.9 Å². The highest BCUT2D eigenvalue weighted by atomic mass is 32.1. The van der Waals surface area contributed by atoms with Gasteiger partial charge in [0.2, 0.25) is 0 Å². The van der Waals surface area contributed by atoms with E-state index in [9.17, 15) is 14.4 Å². The largest absolute Gasteiger partial charge is 0.479 e. The van der Waals surface area contributed by atoms with Crippen LogP contribution in [0, 0.1) is 6.92 Å². The number of carboxylic acids is 1. The lowest BCUT2D eigenvalue weighted by Gasteiger charge is -2.12. The average molecular weight is 313 g/mol. The Kier molecular flexibility index (Phi) is 4.59. The highest BCUT2D eigenvalue weighted by Crippen LogP contribution is 2.29. The lowest BCUT2D eigenvalue weighted by Crippen LogP contribution is -2.30. The fraction of sp³-hybridized carbons (Fsp3) is 0.462. The molecule has 8 heteroatoms. The first-order valence-electron chi connectivity index (χ1n) is 6.29. The van der Waals surface area contributed by atoms with Crippen LogP contribution < -0.4 is 5.32 Å². The summed E-state index contributed by atoms with van der Waals surface area (Å²) < 4.78 is 9.83. The van der Waals surface area contributed by atoms with Gasteiger partial charge in [-0.25, -0.2) is 9.59 Å². The van der Waals surface area contributed by atoms with Crippen molar-refractivity contribution in [1.82, 2.24) is 0 Å². The molecular formula is C13H15NO6S. The van der Waals surface area contributed by atoms with E-state index >= 15 is 0 Å². The third-order valence-corrected chi connectivity index (χ3v) is 4.26. The minimum absolute atomic E-state index is 0.292. The van der Waals surface area contributed by atoms with E-state index in [0.29, 0.717) is 23.4 Å². The molecule has 0 bridgehead atoms. The Balaban J connectivity index is 2.09. The number of methoxy groups -OCH3 is 1. The number of carboxylic acid groups (broad SMARTS) is 1. The van der Waals surface area contributed by atoms with Crippen LogP contribution in [-0.4, -0.2) is 42.3 Å². The first kappa shape index (κ1) is 15.5. The maximum atomic E-state index is 12.1. The number of esters is 1. The van der Waals surface area contributed by atoms with Crippen molar-refractivity contribution in [2.45, 2.75) is 32.0 Å². The van der Waals surface area contributed by atoms with Gasteiger partial charge in [0.25, 0.3) is 5.91 Å². The quantitative estimate of drug-likeness (QED) is 0.815. The molecule has 1 aromatic rings. The Morgan fingerprint density at radius 1 is 1.38 bits per heavy atom. The van der Waals surface area contributed by atoms with Crippen LogP contribution in [0.1, 0.15) is 28.1 Å². The van der Waals surface area contributed by atoms with Gasteiger partial charge >= 0.3 is 11.9 Å². The molecule has 0 unspecified atom stereocenters. The van der Waals surface area contributed by atoms with Gasteiger partial charge in [-0.05, 0) is 30.7 Å². The van der Waals surface area contributed by atoms with Crippen molar-refractivity contribution >= 4 is 34.9 Å². The molecule has 2 rings (SSSR count). The topological polar surface area (TPSA) is 102 Å². The summed E-state index contributed by atoms with van der Waals surface area (Å²) >= 11 is 1.17. The second kappa shape index (κ2) is 6.23. The van der Waals surface area contributed by atoms with Gasteiger partial charge in [0.15, 0.2) is 6.10 Å². The number of ether oxygens (including phenoxy) is 2. The smallest absolute Gasteiger partial charge is 0.350 e. The number of anilines is 1. The number of carbonyl (C=O) groups excluding carboxylic acids is 2. The molecule has 0 aliphatic carbocycles. The van der Waals surface area contributed by atoms with Crippen LogP contribution in [0.5, 0.6) is 0 Å². The minimum Gasteiger partial charge on any atom is -0.479 e. The molecule has 1 fully saturated rings. The Hall–Kier alpha value is -1.93. The van der Waals surface area contributed by atoms with E-state index in [1.54, 1.807) is 12.3 Å². The lowest BCUT2D eigenvalue weighted by molar-refractivity contribution is -0.150. The van der Waals surface area contributed by atoms with Crippen LogP contribution in [0.4, 0.5) is 5.69 Å². The maximum Gasteiger partial charge on any atom is 0.350 e. The van der Waals surface area contributed by atoms with Crippen molar-refractivity contribution in [3.8, 4) is 0 Å². The molecule has 2 N–H and O–H groups in total. The highest BCUT2D eigenvalue weighted by Gasteiger charge is 2.35. The summed E-state index contributed by atoms with van der Waals surface area (Å²) in [6.45, 7) is 1.76. The molecule has 1 aromatic heterocycles. The standard InChI is InChI=1S/C13H15NO6S/c1-6-5-21-10(13(18)19-2)9(6)14-11(15)7-3-4-8(20-7)12(16)17/h5,7-8H,3-4H2,1-2H3,(H,14,15)(H,16,17)/t7-,8+/m0/s1. The zero-order valence-electron chi connectivity index (χ0n) is 11.5. The number of thiophene rings is 1. The number of amides is 1. The fourth-order valence-electron chi connectivity index (χ4n) is 2.06. The van der Waals surface area contributed by atoms with E-state index < -0.39 is 30.1 Å². The average Bonchev–Trinajstić information content (AvgIpc) is 3.06. The van der Waals surface area contributed by atoms with Crippen LogP contribution in [-0.2, 0) is 19.1 Å². The van der Waals surface area contributed by atoms with E-state index in [0.717, 1.165) is 5.56 Å². The zero-order valence-corrected chi connectivity index (χ0v) is 12.4. The van der Waals surface area contributed by atoms with Crippen molar-refractivity contribution in [3.05, 3.63) is 15.8 Å². The van der Waals surface area contributed by atoms with Crippen molar-refractivity contribution in [1.29, 1.82) is 0 Å². The number of rotatable bonds is 4. The molecule has 1 aliphatic rings. The Labute approximate surface area is 124 Å². The molecule has 0 radical (unpaired) electrons. The molecule has 21 heavy (non-hydrogen) atoms. The summed E-state index contributed by atoms with van der Waals surface area (Å²) in [6, 6.07) is 0. The van der Waals surface area contributed by atoms with Crippen LogP contribution in [0.15, 0.2) is 5.38 Å². The number of aryl methyl sites for hydroxylation is 1. The first-order chi connectivity index (χ1) is 9.93. The first-order valence-corrected chi connectivity index (χ1v) is 7.17. The molecule has 0 saturated carbocycles. The van der Waals surface area contributed by atoms with E-state index in [1.165, 1.54) is 18.4 Å². The minimum atomic E-state index is -1.08. The maximum absolute atomic E-state index is 12.1. The zero-order chi connectivity index (χ0) is 15.6. The van der Waals surface area contributed by atoms with Gasteiger partial charge in [0.05, 0.1) is 12.8 Å². The second-order valence-electron chi connectivity index (χ2n) is 4.63. The van der Waals surface area contributed by atoms with Crippen LogP contribution in [0.25, 0.3) is 0 Å². The molecule has 7 nitrogen and oxygen atoms in total. The predicted octanol–water partition coefficient (Wildman–Crippen LogP) is 1.41. The molecular weight excluding hydrogens is 298 g/mol. The lowest BCUT2D eigenvalue weighted by atomic mass is 10.2. The monoisotopic (exact) mass is 313 g/mol. The molecule has 0 spiro atoms. The van der Waals surface area contributed by atoms with E-state index in [-0.39, 0.29) is 0 Å². The summed E-state index contributed by atoms with van der Waals surface area (Å²) in [5.74, 6) is -2.06. The summed E-state index contributed by atoms with van der Waals surface area (Å²) in [5.41, 5.74) is 1.13. The molecule has 0 aromatic carbocycles. The molecule has 114 valence electrons.